The predicted molar refractivity (Wildman–Crippen MR) is 80.7 cm³/mol. The van der Waals surface area contributed by atoms with Crippen LogP contribution in [0, 0.1) is 6.92 Å². The average Bonchev–Trinajstić information content (AvgIpc) is 2.44. The zero-order valence-corrected chi connectivity index (χ0v) is 11.7. The van der Waals surface area contributed by atoms with Gasteiger partial charge in [0.05, 0.1) is 0 Å². The van der Waals surface area contributed by atoms with E-state index in [-0.39, 0.29) is 23.7 Å². The molecule has 4 nitrogen and oxygen atoms in total. The van der Waals surface area contributed by atoms with Crippen molar-refractivity contribution in [3.63, 3.8) is 0 Å². The Hall–Kier alpha value is -2.75. The Morgan fingerprint density at radius 2 is 1.95 bits per heavy atom. The monoisotopic (exact) mass is 284 g/mol. The van der Waals surface area contributed by atoms with Gasteiger partial charge in [-0.1, -0.05) is 36.9 Å². The third-order valence-electron chi connectivity index (χ3n) is 3.05. The van der Waals surface area contributed by atoms with E-state index in [2.05, 4.69) is 6.58 Å². The van der Waals surface area contributed by atoms with Crippen LogP contribution in [-0.2, 0) is 6.61 Å². The van der Waals surface area contributed by atoms with Crippen LogP contribution in [0.4, 0.5) is 0 Å². The van der Waals surface area contributed by atoms with Crippen molar-refractivity contribution in [3.8, 4) is 11.5 Å². The molecular weight excluding hydrogens is 268 g/mol. The Morgan fingerprint density at radius 1 is 1.29 bits per heavy atom. The van der Waals surface area contributed by atoms with E-state index in [1.807, 2.05) is 24.3 Å². The highest BCUT2D eigenvalue weighted by molar-refractivity contribution is 5.94. The predicted octanol–water partition coefficient (Wildman–Crippen LogP) is 3.62. The number of rotatable bonds is 5. The lowest BCUT2D eigenvalue weighted by molar-refractivity contribution is 0.0688. The number of aromatic carboxylic acids is 1. The molecule has 0 aliphatic carbocycles. The summed E-state index contributed by atoms with van der Waals surface area (Å²) in [6, 6.07) is 10.6. The van der Waals surface area contributed by atoms with Crippen LogP contribution in [-0.4, -0.2) is 16.2 Å². The molecule has 21 heavy (non-hydrogen) atoms. The molecule has 108 valence electrons. The number of aromatic hydroxyl groups is 1. The smallest absolute Gasteiger partial charge is 0.343 e. The lowest BCUT2D eigenvalue weighted by atomic mass is 10.1. The number of carboxylic acids is 1. The van der Waals surface area contributed by atoms with Crippen molar-refractivity contribution in [3.05, 3.63) is 65.2 Å². The molecule has 0 saturated carbocycles. The van der Waals surface area contributed by atoms with Crippen molar-refractivity contribution >= 4 is 12.0 Å². The number of carbonyl (C=O) groups is 1. The van der Waals surface area contributed by atoms with Gasteiger partial charge < -0.3 is 14.9 Å². The van der Waals surface area contributed by atoms with Crippen molar-refractivity contribution in [1.82, 2.24) is 0 Å². The molecule has 0 bridgehead atoms. The average molecular weight is 284 g/mol. The summed E-state index contributed by atoms with van der Waals surface area (Å²) in [6.45, 7) is 5.66. The first-order chi connectivity index (χ1) is 10.0. The molecule has 0 fully saturated rings. The highest BCUT2D eigenvalue weighted by Crippen LogP contribution is 2.30. The Labute approximate surface area is 122 Å². The van der Waals surface area contributed by atoms with Gasteiger partial charge in [0, 0.05) is 0 Å². The minimum absolute atomic E-state index is 0.160. The number of benzene rings is 2. The van der Waals surface area contributed by atoms with Gasteiger partial charge in [0.2, 0.25) is 0 Å². The van der Waals surface area contributed by atoms with Gasteiger partial charge >= 0.3 is 5.97 Å². The van der Waals surface area contributed by atoms with E-state index in [9.17, 15) is 9.90 Å². The third-order valence-corrected chi connectivity index (χ3v) is 3.05. The highest BCUT2D eigenvalue weighted by atomic mass is 16.5. The minimum Gasteiger partial charge on any atom is -0.507 e. The second-order valence-electron chi connectivity index (χ2n) is 4.70. The molecule has 0 radical (unpaired) electrons. The molecule has 2 aromatic carbocycles. The minimum atomic E-state index is -1.22. The number of aryl methyl sites for hydroxylation is 1. The van der Waals surface area contributed by atoms with Gasteiger partial charge in [-0.3, -0.25) is 0 Å². The van der Waals surface area contributed by atoms with Gasteiger partial charge in [-0.2, -0.15) is 0 Å². The number of ether oxygens (including phenoxy) is 1. The maximum atomic E-state index is 11.2. The first-order valence-electron chi connectivity index (χ1n) is 6.42. The second-order valence-corrected chi connectivity index (χ2v) is 4.70. The summed E-state index contributed by atoms with van der Waals surface area (Å²) in [6.07, 6.45) is 1.74. The van der Waals surface area contributed by atoms with Crippen LogP contribution in [0.15, 0.2) is 43.0 Å². The molecule has 0 spiro atoms. The van der Waals surface area contributed by atoms with Gasteiger partial charge in [-0.15, -0.1) is 0 Å². The van der Waals surface area contributed by atoms with E-state index in [1.54, 1.807) is 19.1 Å². The molecule has 2 N–H and O–H groups in total. The van der Waals surface area contributed by atoms with E-state index in [0.29, 0.717) is 0 Å². The highest BCUT2D eigenvalue weighted by Gasteiger charge is 2.17. The summed E-state index contributed by atoms with van der Waals surface area (Å²) in [4.78, 5) is 11.2. The molecule has 0 saturated heterocycles. The van der Waals surface area contributed by atoms with E-state index in [4.69, 9.17) is 9.84 Å². The van der Waals surface area contributed by atoms with Crippen molar-refractivity contribution in [2.24, 2.45) is 0 Å². The zero-order chi connectivity index (χ0) is 15.4. The maximum absolute atomic E-state index is 11.2. The lowest BCUT2D eigenvalue weighted by Crippen LogP contribution is -2.04. The van der Waals surface area contributed by atoms with Crippen LogP contribution in [0.1, 0.15) is 27.0 Å². The number of hydrogen-bond donors (Lipinski definition) is 2. The molecule has 0 heterocycles. The molecule has 2 aromatic rings. The molecule has 2 rings (SSSR count). The topological polar surface area (TPSA) is 66.8 Å². The summed E-state index contributed by atoms with van der Waals surface area (Å²) in [5.41, 5.74) is 2.41. The lowest BCUT2D eigenvalue weighted by Gasteiger charge is -2.11. The summed E-state index contributed by atoms with van der Waals surface area (Å²) < 4.78 is 5.55. The van der Waals surface area contributed by atoms with Crippen molar-refractivity contribution in [2.45, 2.75) is 13.5 Å². The van der Waals surface area contributed by atoms with E-state index < -0.39 is 5.97 Å². The first kappa shape index (κ1) is 14.7. The fraction of sp³-hybridized carbons (Fsp3) is 0.118. The summed E-state index contributed by atoms with van der Waals surface area (Å²) in [7, 11) is 0. The number of carboxylic acid groups (broad SMARTS) is 1. The van der Waals surface area contributed by atoms with Gasteiger partial charge in [0.25, 0.3) is 0 Å². The van der Waals surface area contributed by atoms with Crippen LogP contribution >= 0.6 is 0 Å². The molecule has 0 aromatic heterocycles. The largest absolute Gasteiger partial charge is 0.507 e. The van der Waals surface area contributed by atoms with E-state index >= 15 is 0 Å². The first-order valence-corrected chi connectivity index (χ1v) is 6.42. The number of hydrogen-bond acceptors (Lipinski definition) is 3. The van der Waals surface area contributed by atoms with E-state index in [0.717, 1.165) is 16.7 Å². The van der Waals surface area contributed by atoms with Crippen molar-refractivity contribution < 1.29 is 19.7 Å². The zero-order valence-electron chi connectivity index (χ0n) is 11.7. The molecule has 0 amide bonds. The molecule has 0 aliphatic heterocycles. The van der Waals surface area contributed by atoms with Crippen molar-refractivity contribution in [2.75, 3.05) is 0 Å². The Kier molecular flexibility index (Phi) is 4.28. The summed E-state index contributed by atoms with van der Waals surface area (Å²) in [5, 5.41) is 18.9. The Balaban J connectivity index is 2.22. The SMILES string of the molecule is C=Cc1ccc(COc2cc(C)cc(O)c2C(=O)O)cc1. The van der Waals surface area contributed by atoms with E-state index in [1.165, 1.54) is 6.07 Å². The Morgan fingerprint density at radius 3 is 2.52 bits per heavy atom. The molecule has 0 aliphatic rings. The molecule has 4 heteroatoms. The standard InChI is InChI=1S/C17H16O4/c1-3-12-4-6-13(7-5-12)10-21-15-9-11(2)8-14(18)16(15)17(19)20/h3-9,18H,1,10H2,2H3,(H,19,20). The van der Waals surface area contributed by atoms with Gasteiger partial charge in [0.15, 0.2) is 0 Å². The van der Waals surface area contributed by atoms with Crippen LogP contribution in [0.3, 0.4) is 0 Å². The van der Waals surface area contributed by atoms with Gasteiger partial charge in [-0.05, 0) is 35.7 Å². The van der Waals surface area contributed by atoms with Crippen LogP contribution < -0.4 is 4.74 Å². The van der Waals surface area contributed by atoms with Crippen LogP contribution in [0.25, 0.3) is 6.08 Å². The van der Waals surface area contributed by atoms with Gasteiger partial charge in [-0.25, -0.2) is 4.79 Å². The normalized spacial score (nSPS) is 10.1. The molecule has 0 unspecified atom stereocenters. The van der Waals surface area contributed by atoms with Crippen molar-refractivity contribution in [1.29, 1.82) is 0 Å². The van der Waals surface area contributed by atoms with Gasteiger partial charge in [0.1, 0.15) is 23.7 Å². The maximum Gasteiger partial charge on any atom is 0.343 e. The fourth-order valence-electron chi connectivity index (χ4n) is 1.97. The third kappa shape index (κ3) is 3.42. The summed E-state index contributed by atoms with van der Waals surface area (Å²) in [5.74, 6) is -1.35. The fourth-order valence-corrected chi connectivity index (χ4v) is 1.97. The number of phenols is 1. The summed E-state index contributed by atoms with van der Waals surface area (Å²) >= 11 is 0. The molecular formula is C17H16O4. The quantitative estimate of drug-likeness (QED) is 0.880. The van der Waals surface area contributed by atoms with Crippen LogP contribution in [0.2, 0.25) is 0 Å². The second kappa shape index (κ2) is 6.13. The molecule has 0 atom stereocenters. The van der Waals surface area contributed by atoms with Crippen LogP contribution in [0.5, 0.6) is 11.5 Å². The Bertz CT molecular complexity index is 672.